The van der Waals surface area contributed by atoms with Crippen LogP contribution in [0.4, 0.5) is 5.13 Å². The third-order valence-electron chi connectivity index (χ3n) is 4.00. The first-order valence-electron chi connectivity index (χ1n) is 8.79. The zero-order valence-corrected chi connectivity index (χ0v) is 16.8. The molecule has 2 amide bonds. The molecule has 0 fully saturated rings. The van der Waals surface area contributed by atoms with Gasteiger partial charge < -0.3 is 14.8 Å². The van der Waals surface area contributed by atoms with E-state index in [0.29, 0.717) is 45.7 Å². The first kappa shape index (κ1) is 20.3. The highest BCUT2D eigenvalue weighted by atomic mass is 32.1. The zero-order valence-electron chi connectivity index (χ0n) is 16.0. The maximum absolute atomic E-state index is 12.3. The van der Waals surface area contributed by atoms with E-state index in [1.807, 2.05) is 0 Å². The van der Waals surface area contributed by atoms with Crippen molar-refractivity contribution in [2.75, 3.05) is 26.1 Å². The monoisotopic (exact) mass is 412 g/mol. The quantitative estimate of drug-likeness (QED) is 0.590. The van der Waals surface area contributed by atoms with Crippen LogP contribution in [0.25, 0.3) is 0 Å². The van der Waals surface area contributed by atoms with Gasteiger partial charge in [-0.25, -0.2) is 0 Å². The number of aromatic nitrogens is 2. The van der Waals surface area contributed by atoms with E-state index in [0.717, 1.165) is 0 Å². The highest BCUT2D eigenvalue weighted by molar-refractivity contribution is 7.15. The summed E-state index contributed by atoms with van der Waals surface area (Å²) >= 11 is 1.27. The molecule has 0 radical (unpaired) electrons. The Kier molecular flexibility index (Phi) is 6.75. The van der Waals surface area contributed by atoms with Crippen LogP contribution < -0.4 is 20.1 Å². The third kappa shape index (κ3) is 5.52. The second kappa shape index (κ2) is 9.65. The van der Waals surface area contributed by atoms with Crippen LogP contribution in [-0.4, -0.2) is 42.8 Å². The van der Waals surface area contributed by atoms with Gasteiger partial charge in [-0.1, -0.05) is 17.4 Å². The molecule has 0 saturated heterocycles. The Hall–Kier alpha value is -3.46. The number of hydrogen-bond acceptors (Lipinski definition) is 7. The summed E-state index contributed by atoms with van der Waals surface area (Å²) in [6, 6.07) is 13.7. The molecule has 0 saturated carbocycles. The minimum Gasteiger partial charge on any atom is -0.497 e. The van der Waals surface area contributed by atoms with E-state index in [1.54, 1.807) is 62.8 Å². The molecular weight excluding hydrogens is 392 g/mol. The normalized spacial score (nSPS) is 10.3. The average Bonchev–Trinajstić information content (AvgIpc) is 3.20. The number of nitrogens with zero attached hydrogens (tertiary/aromatic N) is 2. The van der Waals surface area contributed by atoms with E-state index < -0.39 is 0 Å². The maximum atomic E-state index is 12.3. The van der Waals surface area contributed by atoms with Crippen molar-refractivity contribution in [2.24, 2.45) is 0 Å². The minimum atomic E-state index is -0.276. The molecule has 150 valence electrons. The van der Waals surface area contributed by atoms with Gasteiger partial charge in [-0.3, -0.25) is 14.9 Å². The Morgan fingerprint density at radius 2 is 1.69 bits per heavy atom. The van der Waals surface area contributed by atoms with Crippen molar-refractivity contribution in [1.82, 2.24) is 15.5 Å². The average molecular weight is 412 g/mol. The molecule has 0 spiro atoms. The van der Waals surface area contributed by atoms with Gasteiger partial charge in [0.1, 0.15) is 16.5 Å². The lowest BCUT2D eigenvalue weighted by Crippen LogP contribution is -2.25. The number of carbonyl (C=O) groups excluding carboxylic acids is 2. The molecule has 8 nitrogen and oxygen atoms in total. The van der Waals surface area contributed by atoms with Gasteiger partial charge in [-0.2, -0.15) is 0 Å². The van der Waals surface area contributed by atoms with Crippen molar-refractivity contribution < 1.29 is 19.1 Å². The van der Waals surface area contributed by atoms with Gasteiger partial charge in [0.05, 0.1) is 14.2 Å². The van der Waals surface area contributed by atoms with Crippen molar-refractivity contribution in [2.45, 2.75) is 6.42 Å². The molecule has 3 rings (SSSR count). The summed E-state index contributed by atoms with van der Waals surface area (Å²) in [5.74, 6) is 0.831. The van der Waals surface area contributed by atoms with Crippen molar-refractivity contribution >= 4 is 28.3 Å². The molecule has 0 aliphatic rings. The predicted molar refractivity (Wildman–Crippen MR) is 110 cm³/mol. The van der Waals surface area contributed by atoms with Crippen LogP contribution in [0, 0.1) is 0 Å². The van der Waals surface area contributed by atoms with Gasteiger partial charge >= 0.3 is 0 Å². The highest BCUT2D eigenvalue weighted by Gasteiger charge is 2.11. The SMILES string of the molecule is COc1ccc(C(=O)Nc2nnc(CCNC(=O)c3cccc(OC)c3)s2)cc1. The second-order valence-corrected chi connectivity index (χ2v) is 6.98. The van der Waals surface area contributed by atoms with Gasteiger partial charge in [0, 0.05) is 24.1 Å². The molecule has 2 N–H and O–H groups in total. The van der Waals surface area contributed by atoms with E-state index >= 15 is 0 Å². The molecular formula is C20H20N4O4S. The van der Waals surface area contributed by atoms with Crippen LogP contribution in [-0.2, 0) is 6.42 Å². The Morgan fingerprint density at radius 1 is 0.931 bits per heavy atom. The zero-order chi connectivity index (χ0) is 20.6. The van der Waals surface area contributed by atoms with Gasteiger partial charge in [-0.05, 0) is 42.5 Å². The predicted octanol–water partition coefficient (Wildman–Crippen LogP) is 2.78. The third-order valence-corrected chi connectivity index (χ3v) is 4.89. The summed E-state index contributed by atoms with van der Waals surface area (Å²) in [5.41, 5.74) is 1.02. The van der Waals surface area contributed by atoms with Gasteiger partial charge in [0.25, 0.3) is 11.8 Å². The summed E-state index contributed by atoms with van der Waals surface area (Å²) in [4.78, 5) is 24.4. The Bertz CT molecular complexity index is 988. The van der Waals surface area contributed by atoms with Crippen LogP contribution in [0.3, 0.4) is 0 Å². The minimum absolute atomic E-state index is 0.193. The summed E-state index contributed by atoms with van der Waals surface area (Å²) in [7, 11) is 3.12. The van der Waals surface area contributed by atoms with Crippen LogP contribution in [0.1, 0.15) is 25.7 Å². The molecule has 2 aromatic carbocycles. The van der Waals surface area contributed by atoms with Gasteiger partial charge in [-0.15, -0.1) is 10.2 Å². The Balaban J connectivity index is 1.49. The molecule has 1 heterocycles. The lowest BCUT2D eigenvalue weighted by atomic mass is 10.2. The fourth-order valence-electron chi connectivity index (χ4n) is 2.47. The van der Waals surface area contributed by atoms with Crippen LogP contribution in [0.2, 0.25) is 0 Å². The van der Waals surface area contributed by atoms with Crippen molar-refractivity contribution in [3.05, 3.63) is 64.7 Å². The van der Waals surface area contributed by atoms with E-state index in [2.05, 4.69) is 20.8 Å². The van der Waals surface area contributed by atoms with E-state index in [-0.39, 0.29) is 11.8 Å². The first-order valence-corrected chi connectivity index (χ1v) is 9.60. The molecule has 0 atom stereocenters. The first-order chi connectivity index (χ1) is 14.1. The number of hydrogen-bond donors (Lipinski definition) is 2. The fraction of sp³-hybridized carbons (Fsp3) is 0.200. The topological polar surface area (TPSA) is 102 Å². The summed E-state index contributed by atoms with van der Waals surface area (Å²) in [6.07, 6.45) is 0.506. The number of benzene rings is 2. The summed E-state index contributed by atoms with van der Waals surface area (Å²) < 4.78 is 10.2. The number of rotatable bonds is 8. The van der Waals surface area contributed by atoms with E-state index in [9.17, 15) is 9.59 Å². The van der Waals surface area contributed by atoms with E-state index in [1.165, 1.54) is 11.3 Å². The van der Waals surface area contributed by atoms with E-state index in [4.69, 9.17) is 9.47 Å². The number of amides is 2. The van der Waals surface area contributed by atoms with Crippen molar-refractivity contribution in [3.63, 3.8) is 0 Å². The molecule has 0 bridgehead atoms. The lowest BCUT2D eigenvalue weighted by Gasteiger charge is -2.05. The van der Waals surface area contributed by atoms with Crippen molar-refractivity contribution in [1.29, 1.82) is 0 Å². The number of carbonyl (C=O) groups is 2. The molecule has 0 aliphatic heterocycles. The second-order valence-electron chi connectivity index (χ2n) is 5.92. The molecule has 29 heavy (non-hydrogen) atoms. The molecule has 0 aliphatic carbocycles. The molecule has 0 unspecified atom stereocenters. The lowest BCUT2D eigenvalue weighted by molar-refractivity contribution is 0.0953. The number of methoxy groups -OCH3 is 2. The maximum Gasteiger partial charge on any atom is 0.257 e. The van der Waals surface area contributed by atoms with Crippen LogP contribution in [0.15, 0.2) is 48.5 Å². The van der Waals surface area contributed by atoms with Gasteiger partial charge in [0.2, 0.25) is 5.13 Å². The Labute approximate surface area is 171 Å². The summed E-state index contributed by atoms with van der Waals surface area (Å²) in [6.45, 7) is 0.400. The largest absolute Gasteiger partial charge is 0.497 e. The standard InChI is InChI=1S/C20H20N4O4S/c1-27-15-8-6-13(7-9-15)19(26)22-20-24-23-17(29-20)10-11-21-18(25)14-4-3-5-16(12-14)28-2/h3-9,12H,10-11H2,1-2H3,(H,21,25)(H,22,24,26). The number of anilines is 1. The molecule has 3 aromatic rings. The van der Waals surface area contributed by atoms with Crippen LogP contribution in [0.5, 0.6) is 11.5 Å². The Morgan fingerprint density at radius 3 is 2.41 bits per heavy atom. The molecule has 1 aromatic heterocycles. The summed E-state index contributed by atoms with van der Waals surface area (Å²) in [5, 5.41) is 14.7. The fourth-order valence-corrected chi connectivity index (χ4v) is 3.20. The number of ether oxygens (including phenoxy) is 2. The van der Waals surface area contributed by atoms with Crippen LogP contribution >= 0.6 is 11.3 Å². The van der Waals surface area contributed by atoms with Crippen molar-refractivity contribution in [3.8, 4) is 11.5 Å². The highest BCUT2D eigenvalue weighted by Crippen LogP contribution is 2.18. The molecule has 9 heteroatoms. The number of nitrogens with one attached hydrogen (secondary N) is 2. The smallest absolute Gasteiger partial charge is 0.257 e. The van der Waals surface area contributed by atoms with Gasteiger partial charge in [0.15, 0.2) is 0 Å².